The maximum absolute atomic E-state index is 11.9. The molecule has 0 atom stereocenters. The highest BCUT2D eigenvalue weighted by molar-refractivity contribution is 6.52. The van der Waals surface area contributed by atoms with Gasteiger partial charge in [-0.15, -0.1) is 0 Å². The van der Waals surface area contributed by atoms with Crippen molar-refractivity contribution in [2.75, 3.05) is 0 Å². The highest BCUT2D eigenvalue weighted by Gasteiger charge is 2.32. The number of aromatic nitrogens is 2. The number of halogens is 1. The lowest BCUT2D eigenvalue weighted by Crippen LogP contribution is -2.22. The van der Waals surface area contributed by atoms with E-state index in [1.165, 1.54) is 12.1 Å². The molecule has 0 unspecified atom stereocenters. The van der Waals surface area contributed by atoms with E-state index in [1.807, 2.05) is 6.92 Å². The first-order valence-electron chi connectivity index (χ1n) is 5.31. The van der Waals surface area contributed by atoms with Gasteiger partial charge in [-0.25, -0.2) is 4.98 Å². The number of ketones is 2. The largest absolute Gasteiger partial charge is 0.285 e. The molecule has 5 heteroatoms. The highest BCUT2D eigenvalue weighted by Crippen LogP contribution is 2.31. The Labute approximate surface area is 108 Å². The molecule has 2 aromatic heterocycles. The van der Waals surface area contributed by atoms with Crippen molar-refractivity contribution < 1.29 is 9.59 Å². The zero-order valence-corrected chi connectivity index (χ0v) is 10.2. The molecule has 88 valence electrons. The van der Waals surface area contributed by atoms with Crippen LogP contribution in [0.4, 0.5) is 0 Å². The van der Waals surface area contributed by atoms with Crippen molar-refractivity contribution >= 4 is 23.2 Å². The average Bonchev–Trinajstić information content (AvgIpc) is 2.36. The summed E-state index contributed by atoms with van der Waals surface area (Å²) in [6.45, 7) is 1.81. The van der Waals surface area contributed by atoms with Crippen LogP contribution < -0.4 is 0 Å². The minimum atomic E-state index is -0.563. The lowest BCUT2D eigenvalue weighted by Gasteiger charge is -2.16. The van der Waals surface area contributed by atoms with Crippen LogP contribution in [0.3, 0.4) is 0 Å². The van der Waals surface area contributed by atoms with Gasteiger partial charge in [-0.1, -0.05) is 11.6 Å². The summed E-state index contributed by atoms with van der Waals surface area (Å²) < 4.78 is 0. The Balaban J connectivity index is 2.40. The second-order valence-electron chi connectivity index (χ2n) is 4.04. The van der Waals surface area contributed by atoms with E-state index in [9.17, 15) is 9.59 Å². The van der Waals surface area contributed by atoms with E-state index in [-0.39, 0.29) is 16.3 Å². The molecule has 4 nitrogen and oxygen atoms in total. The van der Waals surface area contributed by atoms with Gasteiger partial charge in [0.2, 0.25) is 11.6 Å². The standard InChI is InChI=1S/C13H7ClN2O2/c1-6-2-3-7-10(15-6)11-8(13(18)12(7)17)4-5-9(14)16-11/h2-5H,1H3. The van der Waals surface area contributed by atoms with E-state index in [4.69, 9.17) is 11.6 Å². The fraction of sp³-hybridized carbons (Fsp3) is 0.0769. The molecule has 0 spiro atoms. The minimum Gasteiger partial charge on any atom is -0.285 e. The van der Waals surface area contributed by atoms with Crippen molar-refractivity contribution in [1.82, 2.24) is 9.97 Å². The zero-order valence-electron chi connectivity index (χ0n) is 9.40. The summed E-state index contributed by atoms with van der Waals surface area (Å²) in [5.41, 5.74) is 2.11. The summed E-state index contributed by atoms with van der Waals surface area (Å²) in [5.74, 6) is -1.11. The lowest BCUT2D eigenvalue weighted by molar-refractivity contribution is 0.0814. The molecular formula is C13H7ClN2O2. The minimum absolute atomic E-state index is 0.259. The number of carbonyl (C=O) groups excluding carboxylic acids is 2. The molecule has 0 fully saturated rings. The summed E-state index contributed by atoms with van der Waals surface area (Å²) >= 11 is 5.83. The van der Waals surface area contributed by atoms with Crippen molar-refractivity contribution in [3.63, 3.8) is 0 Å². The van der Waals surface area contributed by atoms with E-state index >= 15 is 0 Å². The first-order valence-corrected chi connectivity index (χ1v) is 5.69. The molecule has 2 heterocycles. The zero-order chi connectivity index (χ0) is 12.9. The van der Waals surface area contributed by atoms with E-state index < -0.39 is 11.6 Å². The van der Waals surface area contributed by atoms with Crippen LogP contribution in [0.1, 0.15) is 26.4 Å². The molecule has 0 N–H and O–H groups in total. The fourth-order valence-corrected chi connectivity index (χ4v) is 2.11. The molecule has 0 radical (unpaired) electrons. The number of aryl methyl sites for hydroxylation is 1. The maximum Gasteiger partial charge on any atom is 0.235 e. The van der Waals surface area contributed by atoms with Gasteiger partial charge in [-0.05, 0) is 31.2 Å². The molecular weight excluding hydrogens is 252 g/mol. The predicted molar refractivity (Wildman–Crippen MR) is 65.9 cm³/mol. The van der Waals surface area contributed by atoms with Crippen LogP contribution in [0.15, 0.2) is 24.3 Å². The van der Waals surface area contributed by atoms with Crippen molar-refractivity contribution in [2.45, 2.75) is 6.92 Å². The number of nitrogens with zero attached hydrogens (tertiary/aromatic N) is 2. The molecule has 0 saturated heterocycles. The first-order chi connectivity index (χ1) is 8.58. The molecule has 1 aliphatic carbocycles. The summed E-state index contributed by atoms with van der Waals surface area (Å²) in [4.78, 5) is 32.2. The second-order valence-corrected chi connectivity index (χ2v) is 4.42. The third-order valence-electron chi connectivity index (χ3n) is 2.82. The molecule has 1 aliphatic rings. The molecule has 0 bridgehead atoms. The monoisotopic (exact) mass is 258 g/mol. The van der Waals surface area contributed by atoms with E-state index in [0.29, 0.717) is 11.4 Å². The van der Waals surface area contributed by atoms with Crippen LogP contribution in [0.2, 0.25) is 5.15 Å². The van der Waals surface area contributed by atoms with Crippen molar-refractivity contribution in [3.8, 4) is 11.4 Å². The number of fused-ring (bicyclic) bond motifs is 3. The van der Waals surface area contributed by atoms with Crippen molar-refractivity contribution in [2.24, 2.45) is 0 Å². The Hall–Kier alpha value is -2.07. The Morgan fingerprint density at radius 2 is 1.44 bits per heavy atom. The highest BCUT2D eigenvalue weighted by atomic mass is 35.5. The third kappa shape index (κ3) is 1.46. The van der Waals surface area contributed by atoms with Crippen LogP contribution in [0.25, 0.3) is 11.4 Å². The maximum atomic E-state index is 11.9. The number of rotatable bonds is 0. The number of carbonyl (C=O) groups is 2. The Morgan fingerprint density at radius 3 is 2.11 bits per heavy atom. The second kappa shape index (κ2) is 3.71. The van der Waals surface area contributed by atoms with Gasteiger partial charge in [0, 0.05) is 5.69 Å². The van der Waals surface area contributed by atoms with Gasteiger partial charge >= 0.3 is 0 Å². The van der Waals surface area contributed by atoms with Crippen molar-refractivity contribution in [3.05, 3.63) is 46.2 Å². The molecule has 0 saturated carbocycles. The summed E-state index contributed by atoms with van der Waals surface area (Å²) in [6, 6.07) is 6.30. The number of pyridine rings is 2. The molecule has 2 aromatic rings. The lowest BCUT2D eigenvalue weighted by atomic mass is 9.90. The van der Waals surface area contributed by atoms with Crippen LogP contribution in [0, 0.1) is 6.92 Å². The molecule has 18 heavy (non-hydrogen) atoms. The average molecular weight is 259 g/mol. The van der Waals surface area contributed by atoms with Gasteiger partial charge in [-0.3, -0.25) is 14.6 Å². The number of hydrogen-bond donors (Lipinski definition) is 0. The van der Waals surface area contributed by atoms with Crippen molar-refractivity contribution in [1.29, 1.82) is 0 Å². The Kier molecular flexibility index (Phi) is 2.28. The third-order valence-corrected chi connectivity index (χ3v) is 3.03. The summed E-state index contributed by atoms with van der Waals surface area (Å²) in [6.07, 6.45) is 0. The number of Topliss-reactive ketones (excluding diaryl/α,β-unsaturated/α-hetero) is 2. The van der Waals surface area contributed by atoms with Crippen LogP contribution >= 0.6 is 11.6 Å². The van der Waals surface area contributed by atoms with Crippen LogP contribution in [0.5, 0.6) is 0 Å². The van der Waals surface area contributed by atoms with E-state index in [2.05, 4.69) is 9.97 Å². The quantitative estimate of drug-likeness (QED) is 0.538. The van der Waals surface area contributed by atoms with E-state index in [0.717, 1.165) is 5.69 Å². The van der Waals surface area contributed by atoms with Gasteiger partial charge in [0.15, 0.2) is 0 Å². The van der Waals surface area contributed by atoms with Gasteiger partial charge < -0.3 is 0 Å². The van der Waals surface area contributed by atoms with Crippen LogP contribution in [-0.4, -0.2) is 21.5 Å². The smallest absolute Gasteiger partial charge is 0.235 e. The van der Waals surface area contributed by atoms with Gasteiger partial charge in [0.25, 0.3) is 0 Å². The Bertz CT molecular complexity index is 649. The Morgan fingerprint density at radius 1 is 0.889 bits per heavy atom. The van der Waals surface area contributed by atoms with Gasteiger partial charge in [-0.2, -0.15) is 0 Å². The van der Waals surface area contributed by atoms with Gasteiger partial charge in [0.1, 0.15) is 16.5 Å². The topological polar surface area (TPSA) is 59.9 Å². The first kappa shape index (κ1) is 11.0. The number of hydrogen-bond acceptors (Lipinski definition) is 4. The fourth-order valence-electron chi connectivity index (χ4n) is 1.96. The van der Waals surface area contributed by atoms with E-state index in [1.54, 1.807) is 12.1 Å². The summed E-state index contributed by atoms with van der Waals surface area (Å²) in [7, 11) is 0. The normalized spacial score (nSPS) is 13.2. The molecule has 0 amide bonds. The van der Waals surface area contributed by atoms with Crippen LogP contribution in [-0.2, 0) is 0 Å². The predicted octanol–water partition coefficient (Wildman–Crippen LogP) is 2.48. The SMILES string of the molecule is Cc1ccc2c(n1)-c1nc(Cl)ccc1C(=O)C2=O. The molecule has 3 rings (SSSR count). The molecule has 0 aliphatic heterocycles. The molecule has 0 aromatic carbocycles. The van der Waals surface area contributed by atoms with Gasteiger partial charge in [0.05, 0.1) is 11.1 Å². The summed E-state index contributed by atoms with van der Waals surface area (Å²) in [5, 5.41) is 0.269.